The number of hydrogen-bond donors (Lipinski definition) is 2. The van der Waals surface area contributed by atoms with E-state index in [9.17, 15) is 0 Å². The summed E-state index contributed by atoms with van der Waals surface area (Å²) in [5.74, 6) is -0.0100. The molecule has 0 aliphatic carbocycles. The van der Waals surface area contributed by atoms with Crippen LogP contribution < -0.4 is 5.73 Å². The third-order valence-electron chi connectivity index (χ3n) is 3.38. The highest BCUT2D eigenvalue weighted by atomic mass is 35.5. The van der Waals surface area contributed by atoms with Crippen molar-refractivity contribution in [2.24, 2.45) is 10.9 Å². The molecule has 106 valence electrons. The van der Waals surface area contributed by atoms with Gasteiger partial charge in [-0.25, -0.2) is 4.68 Å². The smallest absolute Gasteiger partial charge is 0.171 e. The van der Waals surface area contributed by atoms with E-state index in [1.54, 1.807) is 12.1 Å². The monoisotopic (exact) mass is 292 g/mol. The number of hydrogen-bond acceptors (Lipinski definition) is 3. The summed E-state index contributed by atoms with van der Waals surface area (Å²) < 4.78 is 1.86. The fourth-order valence-electron chi connectivity index (χ4n) is 2.34. The highest BCUT2D eigenvalue weighted by Gasteiger charge is 2.13. The van der Waals surface area contributed by atoms with Crippen molar-refractivity contribution < 1.29 is 5.21 Å². The summed E-state index contributed by atoms with van der Waals surface area (Å²) in [6.45, 7) is 6.13. The number of nitrogens with zero attached hydrogens (tertiary/aromatic N) is 3. The zero-order chi connectivity index (χ0) is 14.9. The molecule has 1 heterocycles. The van der Waals surface area contributed by atoms with Gasteiger partial charge in [-0.05, 0) is 44.0 Å². The summed E-state index contributed by atoms with van der Waals surface area (Å²) in [5, 5.41) is 16.6. The van der Waals surface area contributed by atoms with E-state index in [-0.39, 0.29) is 5.84 Å². The van der Waals surface area contributed by atoms with Gasteiger partial charge in [-0.2, -0.15) is 5.10 Å². The first-order valence-electron chi connectivity index (χ1n) is 6.32. The first-order chi connectivity index (χ1) is 9.49. The summed E-state index contributed by atoms with van der Waals surface area (Å²) in [5.41, 5.74) is 10.3. The third kappa shape index (κ3) is 2.36. The van der Waals surface area contributed by atoms with E-state index in [1.165, 1.54) is 5.56 Å². The van der Waals surface area contributed by atoms with Gasteiger partial charge in [0.05, 0.1) is 16.4 Å². The van der Waals surface area contributed by atoms with Crippen LogP contribution in [0.2, 0.25) is 5.02 Å². The Morgan fingerprint density at radius 1 is 1.45 bits per heavy atom. The second-order valence-electron chi connectivity index (χ2n) is 4.56. The highest BCUT2D eigenvalue weighted by molar-refractivity contribution is 6.34. The molecule has 0 unspecified atom stereocenters. The third-order valence-corrected chi connectivity index (χ3v) is 3.69. The predicted octanol–water partition coefficient (Wildman–Crippen LogP) is 2.80. The van der Waals surface area contributed by atoms with Gasteiger partial charge >= 0.3 is 0 Å². The summed E-state index contributed by atoms with van der Waals surface area (Å²) in [6, 6.07) is 5.32. The zero-order valence-electron chi connectivity index (χ0n) is 11.7. The van der Waals surface area contributed by atoms with Crippen LogP contribution in [0, 0.1) is 13.8 Å². The van der Waals surface area contributed by atoms with Crippen molar-refractivity contribution in [3.8, 4) is 5.69 Å². The molecule has 0 radical (unpaired) electrons. The fourth-order valence-corrected chi connectivity index (χ4v) is 2.61. The molecule has 0 bridgehead atoms. The Balaban J connectivity index is 2.53. The Morgan fingerprint density at radius 3 is 2.65 bits per heavy atom. The van der Waals surface area contributed by atoms with Gasteiger partial charge in [-0.1, -0.05) is 23.7 Å². The van der Waals surface area contributed by atoms with Gasteiger partial charge < -0.3 is 10.9 Å². The molecule has 2 aromatic rings. The average molecular weight is 293 g/mol. The summed E-state index contributed by atoms with van der Waals surface area (Å²) in [7, 11) is 0. The molecule has 3 N–H and O–H groups in total. The SMILES string of the molecule is CCc1c(C)nn(-c2ccc(C(N)=NO)c(Cl)c2)c1C. The fraction of sp³-hybridized carbons (Fsp3) is 0.286. The van der Waals surface area contributed by atoms with Crippen LogP contribution in [0.1, 0.15) is 29.4 Å². The Morgan fingerprint density at radius 2 is 2.15 bits per heavy atom. The van der Waals surface area contributed by atoms with Crippen molar-refractivity contribution in [3.05, 3.63) is 45.7 Å². The van der Waals surface area contributed by atoms with Crippen LogP contribution in [-0.2, 0) is 6.42 Å². The first kappa shape index (κ1) is 14.4. The standard InChI is InChI=1S/C14H17ClN4O/c1-4-11-8(2)17-19(9(11)3)10-5-6-12(13(15)7-10)14(16)18-20/h5-7,20H,4H2,1-3H3,(H2,16,18). The highest BCUT2D eigenvalue weighted by Crippen LogP contribution is 2.23. The summed E-state index contributed by atoms with van der Waals surface area (Å²) in [6.07, 6.45) is 0.938. The summed E-state index contributed by atoms with van der Waals surface area (Å²) in [4.78, 5) is 0. The molecule has 0 atom stereocenters. The summed E-state index contributed by atoms with van der Waals surface area (Å²) >= 11 is 6.17. The van der Waals surface area contributed by atoms with E-state index in [4.69, 9.17) is 22.5 Å². The van der Waals surface area contributed by atoms with Crippen molar-refractivity contribution in [3.63, 3.8) is 0 Å². The predicted molar refractivity (Wildman–Crippen MR) is 79.9 cm³/mol. The maximum Gasteiger partial charge on any atom is 0.171 e. The Kier molecular flexibility index (Phi) is 3.99. The lowest BCUT2D eigenvalue weighted by molar-refractivity contribution is 0.318. The normalized spacial score (nSPS) is 11.9. The molecule has 0 fully saturated rings. The molecule has 5 nitrogen and oxygen atoms in total. The van der Waals surface area contributed by atoms with Gasteiger partial charge in [0.15, 0.2) is 5.84 Å². The van der Waals surface area contributed by atoms with Gasteiger partial charge in [0.25, 0.3) is 0 Å². The van der Waals surface area contributed by atoms with Crippen molar-refractivity contribution in [2.45, 2.75) is 27.2 Å². The number of benzene rings is 1. The second kappa shape index (κ2) is 5.54. The minimum atomic E-state index is -0.0100. The number of oxime groups is 1. The average Bonchev–Trinajstić information content (AvgIpc) is 2.72. The van der Waals surface area contributed by atoms with Gasteiger partial charge in [0.2, 0.25) is 0 Å². The van der Waals surface area contributed by atoms with E-state index in [2.05, 4.69) is 17.2 Å². The van der Waals surface area contributed by atoms with Crippen molar-refractivity contribution in [2.75, 3.05) is 0 Å². The molecule has 0 spiro atoms. The number of aromatic nitrogens is 2. The van der Waals surface area contributed by atoms with Gasteiger partial charge in [-0.15, -0.1) is 0 Å². The van der Waals surface area contributed by atoms with Gasteiger partial charge in [0, 0.05) is 11.3 Å². The van der Waals surface area contributed by atoms with Gasteiger partial charge in [0.1, 0.15) is 0 Å². The molecule has 6 heteroatoms. The zero-order valence-corrected chi connectivity index (χ0v) is 12.4. The van der Waals surface area contributed by atoms with Crippen LogP contribution in [0.15, 0.2) is 23.4 Å². The molecule has 0 saturated carbocycles. The minimum absolute atomic E-state index is 0.0100. The lowest BCUT2D eigenvalue weighted by atomic mass is 10.1. The van der Waals surface area contributed by atoms with Crippen molar-refractivity contribution >= 4 is 17.4 Å². The van der Waals surface area contributed by atoms with Crippen LogP contribution in [0.5, 0.6) is 0 Å². The van der Waals surface area contributed by atoms with Gasteiger partial charge in [-0.3, -0.25) is 0 Å². The molecule has 0 saturated heterocycles. The number of rotatable bonds is 3. The molecular formula is C14H17ClN4O. The maximum absolute atomic E-state index is 8.70. The molecule has 20 heavy (non-hydrogen) atoms. The maximum atomic E-state index is 8.70. The number of aryl methyl sites for hydroxylation is 1. The molecule has 2 rings (SSSR count). The molecular weight excluding hydrogens is 276 g/mol. The number of nitrogens with two attached hydrogens (primary N) is 1. The van der Waals surface area contributed by atoms with Crippen LogP contribution in [0.4, 0.5) is 0 Å². The largest absolute Gasteiger partial charge is 0.409 e. The first-order valence-corrected chi connectivity index (χ1v) is 6.70. The van der Waals surface area contributed by atoms with E-state index in [0.29, 0.717) is 10.6 Å². The van der Waals surface area contributed by atoms with Crippen molar-refractivity contribution in [1.29, 1.82) is 0 Å². The number of halogens is 1. The number of amidine groups is 1. The Bertz CT molecular complexity index is 676. The van der Waals surface area contributed by atoms with E-state index in [0.717, 1.165) is 23.5 Å². The van der Waals surface area contributed by atoms with Crippen molar-refractivity contribution in [1.82, 2.24) is 9.78 Å². The molecule has 0 aliphatic heterocycles. The molecule has 1 aromatic heterocycles. The topological polar surface area (TPSA) is 76.4 Å². The quantitative estimate of drug-likeness (QED) is 0.395. The second-order valence-corrected chi connectivity index (χ2v) is 4.97. The van der Waals surface area contributed by atoms with Crippen LogP contribution in [0.25, 0.3) is 5.69 Å². The van der Waals surface area contributed by atoms with E-state index in [1.807, 2.05) is 24.6 Å². The Hall–Kier alpha value is -2.01. The van der Waals surface area contributed by atoms with E-state index < -0.39 is 0 Å². The van der Waals surface area contributed by atoms with Crippen LogP contribution >= 0.6 is 11.6 Å². The molecule has 1 aromatic carbocycles. The lowest BCUT2D eigenvalue weighted by Gasteiger charge is -2.08. The molecule has 0 aliphatic rings. The lowest BCUT2D eigenvalue weighted by Crippen LogP contribution is -2.14. The minimum Gasteiger partial charge on any atom is -0.409 e. The van der Waals surface area contributed by atoms with Crippen LogP contribution in [0.3, 0.4) is 0 Å². The van der Waals surface area contributed by atoms with Crippen LogP contribution in [-0.4, -0.2) is 20.8 Å². The van der Waals surface area contributed by atoms with E-state index >= 15 is 0 Å². The Labute approximate surface area is 122 Å². The molecule has 0 amide bonds.